The summed E-state index contributed by atoms with van der Waals surface area (Å²) >= 11 is 0. The van der Waals surface area contributed by atoms with Gasteiger partial charge in [-0.1, -0.05) is 13.8 Å². The molecule has 6 heteroatoms. The van der Waals surface area contributed by atoms with Crippen molar-refractivity contribution < 1.29 is 9.53 Å². The van der Waals surface area contributed by atoms with Gasteiger partial charge in [-0.25, -0.2) is 0 Å². The Morgan fingerprint density at radius 3 is 2.67 bits per heavy atom. The van der Waals surface area contributed by atoms with Gasteiger partial charge in [0.05, 0.1) is 13.2 Å². The molecule has 21 heavy (non-hydrogen) atoms. The lowest BCUT2D eigenvalue weighted by Gasteiger charge is -2.37. The molecule has 2 fully saturated rings. The number of morpholine rings is 1. The quantitative estimate of drug-likeness (QED) is 0.820. The third-order valence-corrected chi connectivity index (χ3v) is 4.18. The molecule has 1 amide bonds. The number of nitrogens with zero attached hydrogens (tertiary/aromatic N) is 2. The summed E-state index contributed by atoms with van der Waals surface area (Å²) in [7, 11) is 0. The van der Waals surface area contributed by atoms with E-state index in [1.54, 1.807) is 0 Å². The van der Waals surface area contributed by atoms with Crippen molar-refractivity contribution in [2.24, 2.45) is 5.92 Å². The van der Waals surface area contributed by atoms with Gasteiger partial charge in [-0.05, 0) is 12.3 Å². The lowest BCUT2D eigenvalue weighted by Crippen LogP contribution is -2.49. The lowest BCUT2D eigenvalue weighted by molar-refractivity contribution is -0.132. The van der Waals surface area contributed by atoms with Crippen molar-refractivity contribution in [2.45, 2.75) is 32.7 Å². The second-order valence-electron chi connectivity index (χ2n) is 6.28. The average Bonchev–Trinajstić information content (AvgIpc) is 2.46. The SMILES string of the molecule is CC(C)CC1COCCN1CCC(=O)N1CCNCC1.Cl. The van der Waals surface area contributed by atoms with E-state index >= 15 is 0 Å². The van der Waals surface area contributed by atoms with Gasteiger partial charge in [0.2, 0.25) is 5.91 Å². The molecule has 0 radical (unpaired) electrons. The Hall–Kier alpha value is -0.360. The van der Waals surface area contributed by atoms with Crippen molar-refractivity contribution in [3.8, 4) is 0 Å². The molecule has 2 saturated heterocycles. The van der Waals surface area contributed by atoms with E-state index in [1.165, 1.54) is 0 Å². The van der Waals surface area contributed by atoms with E-state index < -0.39 is 0 Å². The molecule has 0 aromatic carbocycles. The smallest absolute Gasteiger partial charge is 0.223 e. The Morgan fingerprint density at radius 2 is 2.00 bits per heavy atom. The van der Waals surface area contributed by atoms with Crippen molar-refractivity contribution in [3.05, 3.63) is 0 Å². The molecule has 5 nitrogen and oxygen atoms in total. The average molecular weight is 320 g/mol. The van der Waals surface area contributed by atoms with Crippen LogP contribution in [0.2, 0.25) is 0 Å². The number of hydrogen-bond donors (Lipinski definition) is 1. The first-order chi connectivity index (χ1) is 9.66. The second kappa shape index (κ2) is 9.62. The van der Waals surface area contributed by atoms with Crippen LogP contribution in [0, 0.1) is 5.92 Å². The van der Waals surface area contributed by atoms with Gasteiger partial charge < -0.3 is 15.0 Å². The molecule has 0 saturated carbocycles. The van der Waals surface area contributed by atoms with E-state index in [0.717, 1.165) is 58.9 Å². The zero-order valence-corrected chi connectivity index (χ0v) is 14.2. The number of amides is 1. The molecule has 2 heterocycles. The van der Waals surface area contributed by atoms with Crippen LogP contribution in [0.1, 0.15) is 26.7 Å². The molecular weight excluding hydrogens is 290 g/mol. The number of carbonyl (C=O) groups is 1. The Balaban J connectivity index is 0.00000220. The van der Waals surface area contributed by atoms with Crippen molar-refractivity contribution in [3.63, 3.8) is 0 Å². The number of rotatable bonds is 5. The second-order valence-corrected chi connectivity index (χ2v) is 6.28. The van der Waals surface area contributed by atoms with Crippen LogP contribution in [0.25, 0.3) is 0 Å². The maximum atomic E-state index is 12.2. The summed E-state index contributed by atoms with van der Waals surface area (Å²) in [5.41, 5.74) is 0. The van der Waals surface area contributed by atoms with Gasteiger partial charge >= 0.3 is 0 Å². The van der Waals surface area contributed by atoms with E-state index in [0.29, 0.717) is 24.3 Å². The first-order valence-electron chi connectivity index (χ1n) is 7.97. The molecule has 124 valence electrons. The van der Waals surface area contributed by atoms with Gasteiger partial charge in [0.25, 0.3) is 0 Å². The first-order valence-corrected chi connectivity index (χ1v) is 7.97. The minimum absolute atomic E-state index is 0. The molecule has 1 unspecified atom stereocenters. The summed E-state index contributed by atoms with van der Waals surface area (Å²) in [6.07, 6.45) is 1.80. The van der Waals surface area contributed by atoms with Crippen LogP contribution >= 0.6 is 12.4 Å². The Bertz CT molecular complexity index is 309. The Morgan fingerprint density at radius 1 is 1.29 bits per heavy atom. The van der Waals surface area contributed by atoms with E-state index in [2.05, 4.69) is 24.1 Å². The molecule has 2 rings (SSSR count). The number of carbonyl (C=O) groups excluding carboxylic acids is 1. The summed E-state index contributed by atoms with van der Waals surface area (Å²) in [5, 5.41) is 3.28. The molecule has 2 aliphatic heterocycles. The predicted molar refractivity (Wildman–Crippen MR) is 86.9 cm³/mol. The monoisotopic (exact) mass is 319 g/mol. The standard InChI is InChI=1S/C15H29N3O2.ClH/c1-13(2)11-14-12-20-10-9-17(14)6-3-15(19)18-7-4-16-5-8-18;/h13-14,16H,3-12H2,1-2H3;1H. The number of halogens is 1. The molecule has 1 atom stereocenters. The molecule has 0 spiro atoms. The largest absolute Gasteiger partial charge is 0.378 e. The minimum Gasteiger partial charge on any atom is -0.378 e. The summed E-state index contributed by atoms with van der Waals surface area (Å²) < 4.78 is 5.59. The molecule has 0 aliphatic carbocycles. The highest BCUT2D eigenvalue weighted by Crippen LogP contribution is 2.16. The number of piperazine rings is 1. The van der Waals surface area contributed by atoms with Crippen LogP contribution in [0.4, 0.5) is 0 Å². The summed E-state index contributed by atoms with van der Waals surface area (Å²) in [4.78, 5) is 16.7. The summed E-state index contributed by atoms with van der Waals surface area (Å²) in [6, 6.07) is 0.486. The van der Waals surface area contributed by atoms with E-state index in [4.69, 9.17) is 4.74 Å². The third kappa shape index (κ3) is 6.10. The Labute approximate surface area is 134 Å². The van der Waals surface area contributed by atoms with Crippen molar-refractivity contribution >= 4 is 18.3 Å². The van der Waals surface area contributed by atoms with Crippen LogP contribution in [-0.2, 0) is 9.53 Å². The minimum atomic E-state index is 0. The van der Waals surface area contributed by atoms with E-state index in [9.17, 15) is 4.79 Å². The fraction of sp³-hybridized carbons (Fsp3) is 0.933. The van der Waals surface area contributed by atoms with Gasteiger partial charge in [-0.3, -0.25) is 9.69 Å². The highest BCUT2D eigenvalue weighted by Gasteiger charge is 2.25. The Kier molecular flexibility index (Phi) is 8.56. The highest BCUT2D eigenvalue weighted by atomic mass is 35.5. The topological polar surface area (TPSA) is 44.8 Å². The normalized spacial score (nSPS) is 24.0. The van der Waals surface area contributed by atoms with Gasteiger partial charge in [0, 0.05) is 51.7 Å². The van der Waals surface area contributed by atoms with Crippen LogP contribution < -0.4 is 5.32 Å². The van der Waals surface area contributed by atoms with Crippen LogP contribution in [0.15, 0.2) is 0 Å². The van der Waals surface area contributed by atoms with E-state index in [1.807, 2.05) is 4.90 Å². The molecule has 2 aliphatic rings. The number of nitrogens with one attached hydrogen (secondary N) is 1. The first kappa shape index (κ1) is 18.7. The highest BCUT2D eigenvalue weighted by molar-refractivity contribution is 5.85. The molecule has 0 bridgehead atoms. The molecular formula is C15H30ClN3O2. The lowest BCUT2D eigenvalue weighted by atomic mass is 10.0. The van der Waals surface area contributed by atoms with Crippen molar-refractivity contribution in [1.82, 2.24) is 15.1 Å². The maximum absolute atomic E-state index is 12.2. The van der Waals surface area contributed by atoms with Gasteiger partial charge in [-0.15, -0.1) is 12.4 Å². The van der Waals surface area contributed by atoms with Crippen LogP contribution in [0.5, 0.6) is 0 Å². The van der Waals surface area contributed by atoms with Crippen LogP contribution in [0.3, 0.4) is 0 Å². The van der Waals surface area contributed by atoms with E-state index in [-0.39, 0.29) is 12.4 Å². The summed E-state index contributed by atoms with van der Waals surface area (Å²) in [5.74, 6) is 0.981. The molecule has 1 N–H and O–H groups in total. The van der Waals surface area contributed by atoms with Gasteiger partial charge in [0.15, 0.2) is 0 Å². The predicted octanol–water partition coefficient (Wildman–Crippen LogP) is 0.977. The maximum Gasteiger partial charge on any atom is 0.223 e. The molecule has 0 aromatic heterocycles. The van der Waals surface area contributed by atoms with Gasteiger partial charge in [-0.2, -0.15) is 0 Å². The van der Waals surface area contributed by atoms with Gasteiger partial charge in [0.1, 0.15) is 0 Å². The molecule has 0 aromatic rings. The van der Waals surface area contributed by atoms with Crippen molar-refractivity contribution in [2.75, 3.05) is 52.5 Å². The van der Waals surface area contributed by atoms with Crippen molar-refractivity contribution in [1.29, 1.82) is 0 Å². The zero-order chi connectivity index (χ0) is 14.4. The third-order valence-electron chi connectivity index (χ3n) is 4.18. The fourth-order valence-corrected chi connectivity index (χ4v) is 3.06. The van der Waals surface area contributed by atoms with Crippen LogP contribution in [-0.4, -0.2) is 74.2 Å². The zero-order valence-electron chi connectivity index (χ0n) is 13.3. The number of ether oxygens (including phenoxy) is 1. The summed E-state index contributed by atoms with van der Waals surface area (Å²) in [6.45, 7) is 11.5. The number of hydrogen-bond acceptors (Lipinski definition) is 4. The fourth-order valence-electron chi connectivity index (χ4n) is 3.06.